The van der Waals surface area contributed by atoms with Crippen molar-refractivity contribution in [2.75, 3.05) is 0 Å². The normalized spacial score (nSPS) is 26.8. The number of aliphatic carboxylic acids is 1. The van der Waals surface area contributed by atoms with Crippen molar-refractivity contribution in [2.45, 2.75) is 130 Å². The average molecular weight is 381 g/mol. The van der Waals surface area contributed by atoms with Gasteiger partial charge in [0, 0.05) is 0 Å². The van der Waals surface area contributed by atoms with Crippen LogP contribution in [0.15, 0.2) is 0 Å². The molecule has 1 saturated carbocycles. The van der Waals surface area contributed by atoms with E-state index in [0.717, 1.165) is 25.7 Å². The van der Waals surface area contributed by atoms with Gasteiger partial charge >= 0.3 is 5.97 Å². The molecule has 0 heterocycles. The van der Waals surface area contributed by atoms with Gasteiger partial charge in [-0.05, 0) is 37.0 Å². The molecule has 4 atom stereocenters. The Morgan fingerprint density at radius 1 is 1.00 bits per heavy atom. The van der Waals surface area contributed by atoms with Gasteiger partial charge in [-0.2, -0.15) is 0 Å². The number of rotatable bonds is 15. The monoisotopic (exact) mass is 380 g/mol. The van der Waals surface area contributed by atoms with Gasteiger partial charge < -0.3 is 5.11 Å². The second kappa shape index (κ2) is 13.6. The van der Waals surface area contributed by atoms with Crippen LogP contribution in [0.25, 0.3) is 0 Å². The molecule has 1 aliphatic carbocycles. The lowest BCUT2D eigenvalue weighted by Crippen LogP contribution is -2.45. The van der Waals surface area contributed by atoms with Gasteiger partial charge in [0.15, 0.2) is 0 Å². The summed E-state index contributed by atoms with van der Waals surface area (Å²) < 4.78 is 0. The first-order chi connectivity index (χ1) is 13.0. The van der Waals surface area contributed by atoms with Gasteiger partial charge in [0.25, 0.3) is 0 Å². The van der Waals surface area contributed by atoms with Gasteiger partial charge in [-0.3, -0.25) is 4.79 Å². The van der Waals surface area contributed by atoms with Crippen LogP contribution in [-0.4, -0.2) is 11.1 Å². The fraction of sp³-hybridized carbons (Fsp3) is 0.960. The van der Waals surface area contributed by atoms with Crippen LogP contribution in [0.2, 0.25) is 0 Å². The molecule has 0 aromatic heterocycles. The molecule has 1 aliphatic rings. The summed E-state index contributed by atoms with van der Waals surface area (Å²) in [5, 5.41) is 10.3. The van der Waals surface area contributed by atoms with E-state index in [2.05, 4.69) is 27.7 Å². The first-order valence-corrected chi connectivity index (χ1v) is 12.2. The largest absolute Gasteiger partial charge is 0.481 e. The molecule has 0 spiro atoms. The molecule has 160 valence electrons. The zero-order chi connectivity index (χ0) is 20.1. The van der Waals surface area contributed by atoms with Crippen molar-refractivity contribution >= 4 is 5.97 Å². The van der Waals surface area contributed by atoms with Crippen molar-refractivity contribution < 1.29 is 9.90 Å². The van der Waals surface area contributed by atoms with Crippen molar-refractivity contribution in [1.29, 1.82) is 0 Å². The maximum absolute atomic E-state index is 12.5. The molecule has 1 rings (SSSR count). The molecule has 2 heteroatoms. The topological polar surface area (TPSA) is 37.3 Å². The molecule has 4 unspecified atom stereocenters. The molecule has 2 nitrogen and oxygen atoms in total. The fourth-order valence-electron chi connectivity index (χ4n) is 5.63. The summed E-state index contributed by atoms with van der Waals surface area (Å²) in [7, 11) is 0. The molecule has 0 radical (unpaired) electrons. The van der Waals surface area contributed by atoms with Crippen LogP contribution in [0.5, 0.6) is 0 Å². The Morgan fingerprint density at radius 2 is 1.59 bits per heavy atom. The molecule has 1 fully saturated rings. The summed E-state index contributed by atoms with van der Waals surface area (Å²) in [6, 6.07) is 0. The highest BCUT2D eigenvalue weighted by Gasteiger charge is 2.49. The van der Waals surface area contributed by atoms with Crippen LogP contribution in [0.1, 0.15) is 130 Å². The summed E-state index contributed by atoms with van der Waals surface area (Å²) in [5.41, 5.74) is -0.453. The predicted molar refractivity (Wildman–Crippen MR) is 117 cm³/mol. The molecule has 0 bridgehead atoms. The van der Waals surface area contributed by atoms with Crippen LogP contribution < -0.4 is 0 Å². The summed E-state index contributed by atoms with van der Waals surface area (Å²) >= 11 is 0. The highest BCUT2D eigenvalue weighted by Crippen LogP contribution is 2.51. The van der Waals surface area contributed by atoms with Crippen LogP contribution in [0.4, 0.5) is 0 Å². The molecule has 0 aromatic rings. The Kier molecular flexibility index (Phi) is 12.4. The van der Waals surface area contributed by atoms with Crippen molar-refractivity contribution in [3.8, 4) is 0 Å². The second-order valence-electron chi connectivity index (χ2n) is 9.65. The minimum absolute atomic E-state index is 0.382. The summed E-state index contributed by atoms with van der Waals surface area (Å²) in [6.45, 7) is 9.13. The third-order valence-corrected chi connectivity index (χ3v) is 7.24. The highest BCUT2D eigenvalue weighted by atomic mass is 16.4. The summed E-state index contributed by atoms with van der Waals surface area (Å²) in [5.74, 6) is 0.991. The maximum atomic E-state index is 12.5. The standard InChI is InChI=1S/C25H48O2/c1-5-7-9-11-12-13-16-21(3)20-25(24(26)27)19-15-17-22(4)23(25)18-14-10-8-6-2/h21-23H,5-20H2,1-4H3,(H,26,27). The van der Waals surface area contributed by atoms with E-state index in [1.54, 1.807) is 0 Å². The van der Waals surface area contributed by atoms with Crippen molar-refractivity contribution in [1.82, 2.24) is 0 Å². The zero-order valence-electron chi connectivity index (χ0n) is 18.9. The minimum Gasteiger partial charge on any atom is -0.481 e. The van der Waals surface area contributed by atoms with Gasteiger partial charge in [-0.15, -0.1) is 0 Å². The molecular formula is C25H48O2. The average Bonchev–Trinajstić information content (AvgIpc) is 2.63. The smallest absolute Gasteiger partial charge is 0.309 e. The first-order valence-electron chi connectivity index (χ1n) is 12.2. The third kappa shape index (κ3) is 8.16. The minimum atomic E-state index is -0.496. The predicted octanol–water partition coefficient (Wildman–Crippen LogP) is 8.24. The highest BCUT2D eigenvalue weighted by molar-refractivity contribution is 5.75. The quantitative estimate of drug-likeness (QED) is 0.290. The second-order valence-corrected chi connectivity index (χ2v) is 9.65. The Morgan fingerprint density at radius 3 is 2.22 bits per heavy atom. The Balaban J connectivity index is 2.62. The van der Waals surface area contributed by atoms with Gasteiger partial charge in [0.1, 0.15) is 0 Å². The van der Waals surface area contributed by atoms with Crippen LogP contribution in [0.3, 0.4) is 0 Å². The van der Waals surface area contributed by atoms with Crippen molar-refractivity contribution in [2.24, 2.45) is 23.2 Å². The maximum Gasteiger partial charge on any atom is 0.309 e. The third-order valence-electron chi connectivity index (χ3n) is 7.24. The Labute approximate surface area is 169 Å². The molecule has 0 aromatic carbocycles. The van der Waals surface area contributed by atoms with Crippen LogP contribution in [-0.2, 0) is 4.79 Å². The Bertz CT molecular complexity index is 392. The lowest BCUT2D eigenvalue weighted by molar-refractivity contribution is -0.159. The van der Waals surface area contributed by atoms with Gasteiger partial charge in [0.2, 0.25) is 0 Å². The van der Waals surface area contributed by atoms with Crippen molar-refractivity contribution in [3.63, 3.8) is 0 Å². The number of hydrogen-bond donors (Lipinski definition) is 1. The lowest BCUT2D eigenvalue weighted by atomic mass is 9.57. The van der Waals surface area contributed by atoms with E-state index in [-0.39, 0.29) is 0 Å². The number of carboxylic acids is 1. The van der Waals surface area contributed by atoms with E-state index in [1.165, 1.54) is 77.0 Å². The molecule has 0 aliphatic heterocycles. The Hall–Kier alpha value is -0.530. The molecule has 1 N–H and O–H groups in total. The van der Waals surface area contributed by atoms with E-state index in [0.29, 0.717) is 17.8 Å². The fourth-order valence-corrected chi connectivity index (χ4v) is 5.63. The van der Waals surface area contributed by atoms with Crippen LogP contribution in [0, 0.1) is 23.2 Å². The number of unbranched alkanes of at least 4 members (excludes halogenated alkanes) is 8. The SMILES string of the molecule is CCCCCCCCC(C)CC1(C(=O)O)CCCC(C)C1CCCCCC. The zero-order valence-corrected chi connectivity index (χ0v) is 18.9. The van der Waals surface area contributed by atoms with E-state index >= 15 is 0 Å². The molecular weight excluding hydrogens is 332 g/mol. The van der Waals surface area contributed by atoms with E-state index < -0.39 is 11.4 Å². The molecule has 0 amide bonds. The first kappa shape index (κ1) is 24.5. The summed E-state index contributed by atoms with van der Waals surface area (Å²) in [6.07, 6.45) is 19.4. The van der Waals surface area contributed by atoms with Crippen molar-refractivity contribution in [3.05, 3.63) is 0 Å². The number of carboxylic acid groups (broad SMARTS) is 1. The lowest BCUT2D eigenvalue weighted by Gasteiger charge is -2.46. The van der Waals surface area contributed by atoms with E-state index in [4.69, 9.17) is 0 Å². The van der Waals surface area contributed by atoms with Gasteiger partial charge in [0.05, 0.1) is 5.41 Å². The van der Waals surface area contributed by atoms with Crippen LogP contribution >= 0.6 is 0 Å². The molecule has 0 saturated heterocycles. The van der Waals surface area contributed by atoms with Gasteiger partial charge in [-0.1, -0.05) is 111 Å². The van der Waals surface area contributed by atoms with E-state index in [9.17, 15) is 9.90 Å². The van der Waals surface area contributed by atoms with E-state index in [1.807, 2.05) is 0 Å². The summed E-state index contributed by atoms with van der Waals surface area (Å²) in [4.78, 5) is 12.5. The number of hydrogen-bond acceptors (Lipinski definition) is 1. The molecule has 27 heavy (non-hydrogen) atoms. The number of carbonyl (C=O) groups is 1. The van der Waals surface area contributed by atoms with Gasteiger partial charge in [-0.25, -0.2) is 0 Å².